The summed E-state index contributed by atoms with van der Waals surface area (Å²) in [5, 5.41) is 14.8. The molecule has 0 unspecified atom stereocenters. The summed E-state index contributed by atoms with van der Waals surface area (Å²) in [5.41, 5.74) is 5.25. The first-order valence-electron chi connectivity index (χ1n) is 8.58. The molecular weight excluding hydrogens is 426 g/mol. The highest BCUT2D eigenvalue weighted by atomic mass is 79.9. The Hall–Kier alpha value is -2.74. The van der Waals surface area contributed by atoms with E-state index in [1.807, 2.05) is 24.3 Å². The van der Waals surface area contributed by atoms with Crippen molar-refractivity contribution in [2.75, 3.05) is 6.61 Å². The summed E-state index contributed by atoms with van der Waals surface area (Å²) in [4.78, 5) is 22.2. The number of nitro groups is 1. The van der Waals surface area contributed by atoms with Crippen LogP contribution in [-0.2, 0) is 10.2 Å². The Balaban J connectivity index is 1.93. The third kappa shape index (κ3) is 5.88. The quantitative estimate of drug-likeness (QED) is 0.398. The van der Waals surface area contributed by atoms with E-state index in [0.29, 0.717) is 15.9 Å². The van der Waals surface area contributed by atoms with Crippen molar-refractivity contribution in [3.05, 3.63) is 68.2 Å². The molecule has 0 atom stereocenters. The molecule has 7 nitrogen and oxygen atoms in total. The fraction of sp³-hybridized carbons (Fsp3) is 0.300. The molecule has 0 saturated carbocycles. The summed E-state index contributed by atoms with van der Waals surface area (Å²) >= 11 is 3.19. The Labute approximate surface area is 172 Å². The van der Waals surface area contributed by atoms with Crippen molar-refractivity contribution >= 4 is 33.2 Å². The largest absolute Gasteiger partial charge is 0.483 e. The van der Waals surface area contributed by atoms with E-state index >= 15 is 0 Å². The number of nitro benzene ring substituents is 1. The Morgan fingerprint density at radius 2 is 1.86 bits per heavy atom. The van der Waals surface area contributed by atoms with Crippen molar-refractivity contribution in [1.29, 1.82) is 0 Å². The van der Waals surface area contributed by atoms with E-state index in [2.05, 4.69) is 47.2 Å². The zero-order valence-corrected chi connectivity index (χ0v) is 17.7. The van der Waals surface area contributed by atoms with E-state index in [1.54, 1.807) is 6.92 Å². The van der Waals surface area contributed by atoms with Gasteiger partial charge in [0.1, 0.15) is 5.75 Å². The van der Waals surface area contributed by atoms with Gasteiger partial charge in [0.2, 0.25) is 0 Å². The molecule has 1 N–H and O–H groups in total. The number of rotatable bonds is 6. The minimum Gasteiger partial charge on any atom is -0.483 e. The standard InChI is InChI=1S/C20H22BrN3O4/c1-13(14-5-7-15(8-6-14)20(2,3)4)22-23-19(25)12-28-18-10-9-16(24(26)27)11-17(18)21/h5-11H,12H2,1-4H3,(H,23,25)/b22-13+. The van der Waals surface area contributed by atoms with Crippen LogP contribution in [0.5, 0.6) is 5.75 Å². The molecule has 0 saturated heterocycles. The summed E-state index contributed by atoms with van der Waals surface area (Å²) in [6.07, 6.45) is 0. The number of nitrogens with one attached hydrogen (secondary N) is 1. The Kier molecular flexibility index (Phi) is 6.90. The molecule has 0 aliphatic carbocycles. The van der Waals surface area contributed by atoms with Gasteiger partial charge in [-0.1, -0.05) is 45.0 Å². The van der Waals surface area contributed by atoms with Crippen LogP contribution in [0.1, 0.15) is 38.8 Å². The monoisotopic (exact) mass is 447 g/mol. The van der Waals surface area contributed by atoms with Crippen LogP contribution in [0.15, 0.2) is 52.0 Å². The van der Waals surface area contributed by atoms with Gasteiger partial charge in [-0.05, 0) is 45.5 Å². The Morgan fingerprint density at radius 1 is 1.21 bits per heavy atom. The lowest BCUT2D eigenvalue weighted by Gasteiger charge is -2.19. The van der Waals surface area contributed by atoms with Gasteiger partial charge >= 0.3 is 0 Å². The summed E-state index contributed by atoms with van der Waals surface area (Å²) < 4.78 is 5.77. The number of carbonyl (C=O) groups excluding carboxylic acids is 1. The van der Waals surface area contributed by atoms with Gasteiger partial charge in [0.15, 0.2) is 6.61 Å². The molecular formula is C20H22BrN3O4. The van der Waals surface area contributed by atoms with Crippen LogP contribution in [0.25, 0.3) is 0 Å². The predicted molar refractivity (Wildman–Crippen MR) is 112 cm³/mol. The van der Waals surface area contributed by atoms with Gasteiger partial charge in [-0.2, -0.15) is 5.10 Å². The van der Waals surface area contributed by atoms with Gasteiger partial charge in [-0.3, -0.25) is 14.9 Å². The first kappa shape index (κ1) is 21.6. The third-order valence-corrected chi connectivity index (χ3v) is 4.62. The van der Waals surface area contributed by atoms with Crippen LogP contribution < -0.4 is 10.2 Å². The maximum absolute atomic E-state index is 12.0. The minimum absolute atomic E-state index is 0.0682. The molecule has 0 spiro atoms. The van der Waals surface area contributed by atoms with Crippen molar-refractivity contribution in [3.8, 4) is 5.75 Å². The Bertz CT molecular complexity index is 903. The summed E-state index contributed by atoms with van der Waals surface area (Å²) in [5.74, 6) is -0.102. The number of hydrogen-bond donors (Lipinski definition) is 1. The fourth-order valence-corrected chi connectivity index (χ4v) is 2.80. The predicted octanol–water partition coefficient (Wildman–Crippen LogP) is 4.57. The molecule has 0 fully saturated rings. The van der Waals surface area contributed by atoms with Gasteiger partial charge < -0.3 is 4.74 Å². The number of carbonyl (C=O) groups is 1. The van der Waals surface area contributed by atoms with Gasteiger partial charge in [0, 0.05) is 12.1 Å². The average molecular weight is 448 g/mol. The van der Waals surface area contributed by atoms with E-state index in [4.69, 9.17) is 4.74 Å². The van der Waals surface area contributed by atoms with E-state index in [0.717, 1.165) is 5.56 Å². The van der Waals surface area contributed by atoms with Crippen molar-refractivity contribution < 1.29 is 14.5 Å². The van der Waals surface area contributed by atoms with Crippen molar-refractivity contribution in [1.82, 2.24) is 5.43 Å². The van der Waals surface area contributed by atoms with Crippen LogP contribution >= 0.6 is 15.9 Å². The summed E-state index contributed by atoms with van der Waals surface area (Å²) in [6, 6.07) is 12.1. The van der Waals surface area contributed by atoms with Crippen molar-refractivity contribution in [2.24, 2.45) is 5.10 Å². The number of hydrogen-bond acceptors (Lipinski definition) is 5. The summed E-state index contributed by atoms with van der Waals surface area (Å²) in [6.45, 7) is 7.97. The maximum atomic E-state index is 12.0. The molecule has 148 valence electrons. The zero-order valence-electron chi connectivity index (χ0n) is 16.2. The number of ether oxygens (including phenoxy) is 1. The lowest BCUT2D eigenvalue weighted by molar-refractivity contribution is -0.384. The molecule has 2 aromatic rings. The van der Waals surface area contributed by atoms with Crippen LogP contribution in [0.2, 0.25) is 0 Å². The second-order valence-corrected chi connectivity index (χ2v) is 8.07. The molecule has 0 radical (unpaired) electrons. The fourth-order valence-electron chi connectivity index (χ4n) is 2.32. The normalized spacial score (nSPS) is 11.8. The van der Waals surface area contributed by atoms with Crippen LogP contribution in [0.4, 0.5) is 5.69 Å². The molecule has 0 heterocycles. The van der Waals surface area contributed by atoms with Crippen LogP contribution in [-0.4, -0.2) is 23.1 Å². The molecule has 1 amide bonds. The second kappa shape index (κ2) is 8.97. The van der Waals surface area contributed by atoms with E-state index in [9.17, 15) is 14.9 Å². The molecule has 2 rings (SSSR count). The van der Waals surface area contributed by atoms with Gasteiger partial charge in [0.05, 0.1) is 15.1 Å². The average Bonchev–Trinajstić information content (AvgIpc) is 2.64. The number of hydrazone groups is 1. The highest BCUT2D eigenvalue weighted by molar-refractivity contribution is 9.10. The topological polar surface area (TPSA) is 93.8 Å². The lowest BCUT2D eigenvalue weighted by Crippen LogP contribution is -2.25. The van der Waals surface area contributed by atoms with Crippen LogP contribution in [0, 0.1) is 10.1 Å². The Morgan fingerprint density at radius 3 is 2.39 bits per heavy atom. The molecule has 0 aliphatic rings. The van der Waals surface area contributed by atoms with E-state index in [-0.39, 0.29) is 17.7 Å². The zero-order chi connectivity index (χ0) is 20.9. The number of non-ortho nitro benzene ring substituents is 1. The van der Waals surface area contributed by atoms with E-state index < -0.39 is 10.8 Å². The van der Waals surface area contributed by atoms with Gasteiger partial charge in [0.25, 0.3) is 11.6 Å². The first-order valence-corrected chi connectivity index (χ1v) is 9.38. The molecule has 8 heteroatoms. The second-order valence-electron chi connectivity index (χ2n) is 7.22. The SMILES string of the molecule is C/C(=N\NC(=O)COc1ccc([N+](=O)[O-])cc1Br)c1ccc(C(C)(C)C)cc1. The molecule has 2 aromatic carbocycles. The number of halogens is 1. The van der Waals surface area contributed by atoms with Gasteiger partial charge in [-0.25, -0.2) is 5.43 Å². The highest BCUT2D eigenvalue weighted by Crippen LogP contribution is 2.29. The maximum Gasteiger partial charge on any atom is 0.277 e. The number of nitrogens with zero attached hydrogens (tertiary/aromatic N) is 2. The minimum atomic E-state index is -0.507. The third-order valence-electron chi connectivity index (χ3n) is 4.00. The highest BCUT2D eigenvalue weighted by Gasteiger charge is 2.14. The van der Waals surface area contributed by atoms with Crippen molar-refractivity contribution in [3.63, 3.8) is 0 Å². The van der Waals surface area contributed by atoms with Crippen molar-refractivity contribution in [2.45, 2.75) is 33.1 Å². The smallest absolute Gasteiger partial charge is 0.277 e. The van der Waals surface area contributed by atoms with E-state index in [1.165, 1.54) is 23.8 Å². The molecule has 0 aromatic heterocycles. The van der Waals surface area contributed by atoms with Crippen LogP contribution in [0.3, 0.4) is 0 Å². The number of amides is 1. The lowest BCUT2D eigenvalue weighted by atomic mass is 9.86. The first-order chi connectivity index (χ1) is 13.1. The summed E-state index contributed by atoms with van der Waals surface area (Å²) in [7, 11) is 0. The number of benzene rings is 2. The molecule has 0 bridgehead atoms. The molecule has 28 heavy (non-hydrogen) atoms. The molecule has 0 aliphatic heterocycles. The van der Waals surface area contributed by atoms with Gasteiger partial charge in [-0.15, -0.1) is 0 Å².